The first-order chi connectivity index (χ1) is 7.24. The van der Waals surface area contributed by atoms with E-state index in [2.05, 4.69) is 20.7 Å². The van der Waals surface area contributed by atoms with E-state index in [1.165, 1.54) is 0 Å². The van der Waals surface area contributed by atoms with Crippen LogP contribution in [0.5, 0.6) is 0 Å². The van der Waals surface area contributed by atoms with Crippen LogP contribution in [0.25, 0.3) is 5.57 Å². The van der Waals surface area contributed by atoms with E-state index in [4.69, 9.17) is 0 Å². The van der Waals surface area contributed by atoms with Crippen molar-refractivity contribution in [3.05, 3.63) is 41.5 Å². The number of esters is 2. The van der Waals surface area contributed by atoms with E-state index < -0.39 is 11.9 Å². The number of alkyl halides is 1. The average molecular weight is 267 g/mol. The summed E-state index contributed by atoms with van der Waals surface area (Å²) in [5, 5.41) is 0.321. The lowest BCUT2D eigenvalue weighted by molar-refractivity contribution is -0.150. The van der Waals surface area contributed by atoms with E-state index in [-0.39, 0.29) is 0 Å². The summed E-state index contributed by atoms with van der Waals surface area (Å²) in [6.45, 7) is 0. The summed E-state index contributed by atoms with van der Waals surface area (Å²) in [5.74, 6) is -1.13. The van der Waals surface area contributed by atoms with Crippen molar-refractivity contribution in [1.29, 1.82) is 0 Å². The zero-order valence-electron chi connectivity index (χ0n) is 7.70. The highest BCUT2D eigenvalue weighted by Gasteiger charge is 2.32. The van der Waals surface area contributed by atoms with Crippen LogP contribution in [-0.4, -0.2) is 17.3 Å². The predicted octanol–water partition coefficient (Wildman–Crippen LogP) is 1.92. The smallest absolute Gasteiger partial charge is 0.347 e. The Morgan fingerprint density at radius 1 is 1.07 bits per heavy atom. The monoisotopic (exact) mass is 266 g/mol. The molecular formula is C11H7BrO3. The zero-order valence-corrected chi connectivity index (χ0v) is 9.28. The molecule has 3 nitrogen and oxygen atoms in total. The van der Waals surface area contributed by atoms with Crippen LogP contribution in [0, 0.1) is 0 Å². The largest absolute Gasteiger partial charge is 0.386 e. The highest BCUT2D eigenvalue weighted by atomic mass is 79.9. The van der Waals surface area contributed by atoms with Crippen LogP contribution in [0.1, 0.15) is 5.56 Å². The first-order valence-corrected chi connectivity index (χ1v) is 5.47. The van der Waals surface area contributed by atoms with E-state index >= 15 is 0 Å². The Kier molecular flexibility index (Phi) is 2.68. The van der Waals surface area contributed by atoms with Gasteiger partial charge in [-0.1, -0.05) is 46.3 Å². The molecule has 0 atom stereocenters. The number of rotatable bonds is 2. The van der Waals surface area contributed by atoms with Gasteiger partial charge in [-0.25, -0.2) is 9.59 Å². The molecule has 1 aromatic rings. The SMILES string of the molecule is O=C1OC(=O)C(c2ccccc2)=C1CBr. The van der Waals surface area contributed by atoms with Gasteiger partial charge in [-0.15, -0.1) is 0 Å². The summed E-state index contributed by atoms with van der Waals surface area (Å²) in [7, 11) is 0. The molecule has 0 aliphatic carbocycles. The van der Waals surface area contributed by atoms with E-state index in [1.807, 2.05) is 18.2 Å². The fourth-order valence-corrected chi connectivity index (χ4v) is 1.95. The van der Waals surface area contributed by atoms with Crippen LogP contribution in [-0.2, 0) is 14.3 Å². The summed E-state index contributed by atoms with van der Waals surface area (Å²) >= 11 is 3.17. The molecule has 1 aromatic carbocycles. The van der Waals surface area contributed by atoms with Crippen LogP contribution in [0.2, 0.25) is 0 Å². The van der Waals surface area contributed by atoms with Crippen LogP contribution in [0.3, 0.4) is 0 Å². The normalized spacial score (nSPS) is 15.8. The Balaban J connectivity index is 2.55. The number of halogens is 1. The van der Waals surface area contributed by atoms with Gasteiger partial charge >= 0.3 is 11.9 Å². The van der Waals surface area contributed by atoms with Crippen molar-refractivity contribution in [2.45, 2.75) is 0 Å². The molecule has 0 bridgehead atoms. The van der Waals surface area contributed by atoms with E-state index in [9.17, 15) is 9.59 Å². The van der Waals surface area contributed by atoms with Crippen LogP contribution < -0.4 is 0 Å². The Bertz CT molecular complexity index is 448. The summed E-state index contributed by atoms with van der Waals surface area (Å²) < 4.78 is 4.55. The second-order valence-corrected chi connectivity index (χ2v) is 3.59. The third-order valence-electron chi connectivity index (χ3n) is 2.13. The Labute approximate surface area is 94.9 Å². The molecule has 0 radical (unpaired) electrons. The van der Waals surface area contributed by atoms with Gasteiger partial charge in [0.25, 0.3) is 0 Å². The molecule has 0 unspecified atom stereocenters. The maximum atomic E-state index is 11.4. The van der Waals surface area contributed by atoms with Crippen LogP contribution in [0.4, 0.5) is 0 Å². The molecule has 1 aliphatic rings. The fraction of sp³-hybridized carbons (Fsp3) is 0.0909. The van der Waals surface area contributed by atoms with Gasteiger partial charge in [0, 0.05) is 5.33 Å². The molecule has 0 aromatic heterocycles. The molecule has 76 valence electrons. The lowest BCUT2D eigenvalue weighted by Gasteiger charge is -1.98. The van der Waals surface area contributed by atoms with Gasteiger partial charge in [-0.2, -0.15) is 0 Å². The topological polar surface area (TPSA) is 43.4 Å². The van der Waals surface area contributed by atoms with E-state index in [0.29, 0.717) is 22.0 Å². The summed E-state index contributed by atoms with van der Waals surface area (Å²) in [4.78, 5) is 22.7. The average Bonchev–Trinajstić information content (AvgIpc) is 2.54. The number of carbonyl (C=O) groups is 2. The second kappa shape index (κ2) is 3.98. The van der Waals surface area contributed by atoms with Crippen molar-refractivity contribution < 1.29 is 14.3 Å². The number of carbonyl (C=O) groups excluding carboxylic acids is 2. The number of hydrogen-bond acceptors (Lipinski definition) is 3. The minimum atomic E-state index is -0.569. The number of benzene rings is 1. The molecule has 0 saturated heterocycles. The number of cyclic esters (lactones) is 2. The molecule has 0 spiro atoms. The molecular weight excluding hydrogens is 260 g/mol. The molecule has 0 N–H and O–H groups in total. The molecule has 1 heterocycles. The lowest BCUT2D eigenvalue weighted by atomic mass is 10.0. The van der Waals surface area contributed by atoms with Crippen LogP contribution in [0.15, 0.2) is 35.9 Å². The predicted molar refractivity (Wildman–Crippen MR) is 58.3 cm³/mol. The Morgan fingerprint density at radius 2 is 1.73 bits per heavy atom. The van der Waals surface area contributed by atoms with Crippen molar-refractivity contribution in [1.82, 2.24) is 0 Å². The van der Waals surface area contributed by atoms with Gasteiger partial charge in [-0.05, 0) is 5.56 Å². The van der Waals surface area contributed by atoms with Gasteiger partial charge in [-0.3, -0.25) is 0 Å². The molecule has 4 heteroatoms. The van der Waals surface area contributed by atoms with Gasteiger partial charge in [0.2, 0.25) is 0 Å². The summed E-state index contributed by atoms with van der Waals surface area (Å²) in [6.07, 6.45) is 0. The molecule has 15 heavy (non-hydrogen) atoms. The molecule has 0 saturated carbocycles. The molecule has 2 rings (SSSR count). The third-order valence-corrected chi connectivity index (χ3v) is 2.69. The van der Waals surface area contributed by atoms with Gasteiger partial charge in [0.05, 0.1) is 11.1 Å². The quantitative estimate of drug-likeness (QED) is 0.467. The minimum Gasteiger partial charge on any atom is -0.386 e. The van der Waals surface area contributed by atoms with Gasteiger partial charge in [0.1, 0.15) is 0 Å². The summed E-state index contributed by atoms with van der Waals surface area (Å²) in [6, 6.07) is 9.02. The number of hydrogen-bond donors (Lipinski definition) is 0. The fourth-order valence-electron chi connectivity index (χ4n) is 1.44. The first kappa shape index (κ1) is 10.1. The van der Waals surface area contributed by atoms with Gasteiger partial charge in [0.15, 0.2) is 0 Å². The lowest BCUT2D eigenvalue weighted by Crippen LogP contribution is -2.02. The second-order valence-electron chi connectivity index (χ2n) is 3.03. The highest BCUT2D eigenvalue weighted by molar-refractivity contribution is 9.09. The number of ether oxygens (including phenoxy) is 1. The van der Waals surface area contributed by atoms with Crippen molar-refractivity contribution in [3.8, 4) is 0 Å². The Hall–Kier alpha value is -1.42. The molecule has 0 fully saturated rings. The first-order valence-electron chi connectivity index (χ1n) is 4.35. The molecule has 0 amide bonds. The standard InChI is InChI=1S/C11H7BrO3/c12-6-8-9(11(14)15-10(8)13)7-4-2-1-3-5-7/h1-5H,6H2. The third kappa shape index (κ3) is 1.72. The highest BCUT2D eigenvalue weighted by Crippen LogP contribution is 2.27. The van der Waals surface area contributed by atoms with Crippen molar-refractivity contribution in [3.63, 3.8) is 0 Å². The van der Waals surface area contributed by atoms with Crippen molar-refractivity contribution >= 4 is 33.4 Å². The minimum absolute atomic E-state index is 0.321. The maximum absolute atomic E-state index is 11.4. The van der Waals surface area contributed by atoms with E-state index in [1.54, 1.807) is 12.1 Å². The van der Waals surface area contributed by atoms with Crippen molar-refractivity contribution in [2.24, 2.45) is 0 Å². The van der Waals surface area contributed by atoms with Gasteiger partial charge < -0.3 is 4.74 Å². The zero-order chi connectivity index (χ0) is 10.8. The molecule has 1 aliphatic heterocycles. The maximum Gasteiger partial charge on any atom is 0.347 e. The Morgan fingerprint density at radius 3 is 2.33 bits per heavy atom. The van der Waals surface area contributed by atoms with E-state index in [0.717, 1.165) is 0 Å². The van der Waals surface area contributed by atoms with Crippen LogP contribution >= 0.6 is 15.9 Å². The summed E-state index contributed by atoms with van der Waals surface area (Å²) in [5.41, 5.74) is 1.45. The van der Waals surface area contributed by atoms with Crippen molar-refractivity contribution in [2.75, 3.05) is 5.33 Å².